The minimum absolute atomic E-state index is 0.354. The number of hydrogen-bond donors (Lipinski definition) is 1. The van der Waals surface area contributed by atoms with E-state index in [0.717, 1.165) is 19.6 Å². The first-order valence-corrected chi connectivity index (χ1v) is 7.87. The van der Waals surface area contributed by atoms with Crippen molar-refractivity contribution in [2.24, 2.45) is 5.92 Å². The molecule has 3 heteroatoms. The molecule has 0 aromatic carbocycles. The Morgan fingerprint density at radius 1 is 1.22 bits per heavy atom. The Labute approximate surface area is 116 Å². The van der Waals surface area contributed by atoms with E-state index >= 15 is 0 Å². The Hall–Kier alpha value is -0.380. The number of nitrogens with one attached hydrogen (secondary N) is 1. The Kier molecular flexibility index (Phi) is 7.56. The molecule has 0 spiro atoms. The topological polar surface area (TPSA) is 21.3 Å². The molecular formula is C15H27NOS. The monoisotopic (exact) mass is 269 g/mol. The third-order valence-electron chi connectivity index (χ3n) is 2.90. The standard InChI is InChI=1S/C15H27NOS/c1-12(2)15(14-8-7-11-18-14)16-9-5-6-10-17-13(3)4/h7-8,11-13,15-16H,5-6,9-10H2,1-4H3. The van der Waals surface area contributed by atoms with Crippen LogP contribution in [0.5, 0.6) is 0 Å². The van der Waals surface area contributed by atoms with E-state index in [0.29, 0.717) is 18.1 Å². The number of unbranched alkanes of at least 4 members (excludes halogenated alkanes) is 1. The van der Waals surface area contributed by atoms with Gasteiger partial charge in [-0.05, 0) is 50.6 Å². The fourth-order valence-electron chi connectivity index (χ4n) is 1.94. The van der Waals surface area contributed by atoms with Crippen LogP contribution in [0, 0.1) is 5.92 Å². The molecule has 2 nitrogen and oxygen atoms in total. The Bertz CT molecular complexity index is 295. The molecule has 1 atom stereocenters. The summed E-state index contributed by atoms with van der Waals surface area (Å²) in [5, 5.41) is 5.82. The summed E-state index contributed by atoms with van der Waals surface area (Å²) in [4.78, 5) is 1.45. The predicted molar refractivity (Wildman–Crippen MR) is 80.2 cm³/mol. The maximum atomic E-state index is 5.54. The van der Waals surface area contributed by atoms with Crippen LogP contribution in [0.2, 0.25) is 0 Å². The fourth-order valence-corrected chi connectivity index (χ4v) is 2.91. The first-order valence-electron chi connectivity index (χ1n) is 6.99. The third kappa shape index (κ3) is 5.98. The van der Waals surface area contributed by atoms with Crippen LogP contribution < -0.4 is 5.32 Å². The van der Waals surface area contributed by atoms with Gasteiger partial charge in [-0.15, -0.1) is 11.3 Å². The van der Waals surface area contributed by atoms with Crippen molar-refractivity contribution in [2.45, 2.75) is 52.7 Å². The lowest BCUT2D eigenvalue weighted by Gasteiger charge is -2.21. The molecule has 0 fully saturated rings. The van der Waals surface area contributed by atoms with Crippen molar-refractivity contribution < 1.29 is 4.74 Å². The zero-order valence-electron chi connectivity index (χ0n) is 12.1. The van der Waals surface area contributed by atoms with Crippen LogP contribution in [0.3, 0.4) is 0 Å². The molecule has 0 radical (unpaired) electrons. The van der Waals surface area contributed by atoms with Crippen molar-refractivity contribution in [1.29, 1.82) is 0 Å². The zero-order chi connectivity index (χ0) is 13.4. The SMILES string of the molecule is CC(C)OCCCCNC(c1cccs1)C(C)C. The predicted octanol–water partition coefficient (Wildman–Crippen LogP) is 4.24. The summed E-state index contributed by atoms with van der Waals surface area (Å²) in [5.41, 5.74) is 0. The maximum absolute atomic E-state index is 5.54. The molecule has 0 aliphatic rings. The van der Waals surface area contributed by atoms with Crippen molar-refractivity contribution in [3.05, 3.63) is 22.4 Å². The van der Waals surface area contributed by atoms with Gasteiger partial charge in [0.05, 0.1) is 6.10 Å². The van der Waals surface area contributed by atoms with E-state index in [9.17, 15) is 0 Å². The smallest absolute Gasteiger partial charge is 0.0518 e. The molecule has 1 unspecified atom stereocenters. The van der Waals surface area contributed by atoms with E-state index in [1.165, 1.54) is 11.3 Å². The molecule has 0 aliphatic heterocycles. The Balaban J connectivity index is 2.19. The van der Waals surface area contributed by atoms with Gasteiger partial charge in [-0.1, -0.05) is 19.9 Å². The van der Waals surface area contributed by atoms with Gasteiger partial charge in [-0.25, -0.2) is 0 Å². The summed E-state index contributed by atoms with van der Waals surface area (Å²) < 4.78 is 5.54. The van der Waals surface area contributed by atoms with Crippen LogP contribution in [-0.4, -0.2) is 19.3 Å². The molecule has 104 valence electrons. The quantitative estimate of drug-likeness (QED) is 0.677. The highest BCUT2D eigenvalue weighted by molar-refractivity contribution is 7.10. The molecule has 18 heavy (non-hydrogen) atoms. The molecule has 1 aromatic rings. The lowest BCUT2D eigenvalue weighted by molar-refractivity contribution is 0.0759. The Morgan fingerprint density at radius 3 is 2.56 bits per heavy atom. The first kappa shape index (κ1) is 15.7. The van der Waals surface area contributed by atoms with Crippen molar-refractivity contribution in [3.8, 4) is 0 Å². The van der Waals surface area contributed by atoms with E-state index in [2.05, 4.69) is 50.5 Å². The van der Waals surface area contributed by atoms with Gasteiger partial charge in [0.15, 0.2) is 0 Å². The second-order valence-electron chi connectivity index (χ2n) is 5.32. The molecular weight excluding hydrogens is 242 g/mol. The Morgan fingerprint density at radius 2 is 2.00 bits per heavy atom. The van der Waals surface area contributed by atoms with E-state index in [-0.39, 0.29) is 0 Å². The molecule has 0 bridgehead atoms. The highest BCUT2D eigenvalue weighted by Gasteiger charge is 2.15. The second kappa shape index (κ2) is 8.68. The lowest BCUT2D eigenvalue weighted by Crippen LogP contribution is -2.26. The number of ether oxygens (including phenoxy) is 1. The minimum atomic E-state index is 0.354. The molecule has 0 aliphatic carbocycles. The normalized spacial score (nSPS) is 13.4. The summed E-state index contributed by atoms with van der Waals surface area (Å²) in [6, 6.07) is 4.86. The van der Waals surface area contributed by atoms with Crippen LogP contribution in [0.1, 0.15) is 51.5 Å². The van der Waals surface area contributed by atoms with Crippen molar-refractivity contribution in [3.63, 3.8) is 0 Å². The van der Waals surface area contributed by atoms with Gasteiger partial charge in [-0.2, -0.15) is 0 Å². The van der Waals surface area contributed by atoms with E-state index in [1.807, 2.05) is 11.3 Å². The van der Waals surface area contributed by atoms with Crippen LogP contribution in [0.15, 0.2) is 17.5 Å². The van der Waals surface area contributed by atoms with E-state index in [1.54, 1.807) is 0 Å². The summed E-state index contributed by atoms with van der Waals surface area (Å²) >= 11 is 1.84. The van der Waals surface area contributed by atoms with Crippen LogP contribution in [0.4, 0.5) is 0 Å². The molecule has 0 saturated heterocycles. The minimum Gasteiger partial charge on any atom is -0.379 e. The summed E-state index contributed by atoms with van der Waals surface area (Å²) in [7, 11) is 0. The average Bonchev–Trinajstić information content (AvgIpc) is 2.80. The lowest BCUT2D eigenvalue weighted by atomic mass is 10.0. The number of rotatable bonds is 9. The number of thiophene rings is 1. The largest absolute Gasteiger partial charge is 0.379 e. The highest BCUT2D eigenvalue weighted by Crippen LogP contribution is 2.25. The molecule has 0 saturated carbocycles. The summed E-state index contributed by atoms with van der Waals surface area (Å²) in [6.45, 7) is 10.7. The zero-order valence-corrected chi connectivity index (χ0v) is 12.9. The average molecular weight is 269 g/mol. The molecule has 1 rings (SSSR count). The van der Waals surface area contributed by atoms with E-state index in [4.69, 9.17) is 4.74 Å². The first-order chi connectivity index (χ1) is 8.61. The molecule has 1 heterocycles. The van der Waals surface area contributed by atoms with Crippen molar-refractivity contribution in [2.75, 3.05) is 13.2 Å². The van der Waals surface area contributed by atoms with Crippen LogP contribution >= 0.6 is 11.3 Å². The maximum Gasteiger partial charge on any atom is 0.0518 e. The summed E-state index contributed by atoms with van der Waals surface area (Å²) in [5.74, 6) is 0.635. The third-order valence-corrected chi connectivity index (χ3v) is 3.86. The van der Waals surface area contributed by atoms with Crippen molar-refractivity contribution >= 4 is 11.3 Å². The van der Waals surface area contributed by atoms with Gasteiger partial charge in [0.25, 0.3) is 0 Å². The van der Waals surface area contributed by atoms with Gasteiger partial charge in [0.2, 0.25) is 0 Å². The highest BCUT2D eigenvalue weighted by atomic mass is 32.1. The second-order valence-corrected chi connectivity index (χ2v) is 6.30. The molecule has 1 aromatic heterocycles. The van der Waals surface area contributed by atoms with Gasteiger partial charge in [-0.3, -0.25) is 0 Å². The van der Waals surface area contributed by atoms with Gasteiger partial charge < -0.3 is 10.1 Å². The van der Waals surface area contributed by atoms with Crippen LogP contribution in [-0.2, 0) is 4.74 Å². The summed E-state index contributed by atoms with van der Waals surface area (Å²) in [6.07, 6.45) is 2.68. The molecule has 0 amide bonds. The van der Waals surface area contributed by atoms with Gasteiger partial charge >= 0.3 is 0 Å². The van der Waals surface area contributed by atoms with E-state index < -0.39 is 0 Å². The van der Waals surface area contributed by atoms with Gasteiger partial charge in [0.1, 0.15) is 0 Å². The fraction of sp³-hybridized carbons (Fsp3) is 0.733. The molecule has 1 N–H and O–H groups in total. The van der Waals surface area contributed by atoms with Gasteiger partial charge in [0, 0.05) is 17.5 Å². The van der Waals surface area contributed by atoms with Crippen LogP contribution in [0.25, 0.3) is 0 Å². The number of hydrogen-bond acceptors (Lipinski definition) is 3. The van der Waals surface area contributed by atoms with Crippen molar-refractivity contribution in [1.82, 2.24) is 5.32 Å².